The highest BCUT2D eigenvalue weighted by molar-refractivity contribution is 5.84. The lowest BCUT2D eigenvalue weighted by atomic mass is 10.1. The predicted octanol–water partition coefficient (Wildman–Crippen LogP) is 3.37. The molecule has 4 rings (SSSR count). The molecule has 2 aliphatic rings. The minimum atomic E-state index is -0.0475. The molecule has 0 aromatic heterocycles. The van der Waals surface area contributed by atoms with Crippen molar-refractivity contribution in [3.05, 3.63) is 70.8 Å². The predicted molar refractivity (Wildman–Crippen MR) is 101 cm³/mol. The number of nitrogens with one attached hydrogen (secondary N) is 2. The van der Waals surface area contributed by atoms with Crippen molar-refractivity contribution in [2.45, 2.75) is 50.6 Å². The zero-order valence-electron chi connectivity index (χ0n) is 14.8. The van der Waals surface area contributed by atoms with Gasteiger partial charge < -0.3 is 10.6 Å². The zero-order valence-corrected chi connectivity index (χ0v) is 14.8. The van der Waals surface area contributed by atoms with Crippen LogP contribution < -0.4 is 10.6 Å². The molecule has 0 aliphatic heterocycles. The van der Waals surface area contributed by atoms with Crippen LogP contribution in [0.1, 0.15) is 60.0 Å². The number of carbonyl (C=O) groups excluding carboxylic acids is 2. The fourth-order valence-corrected chi connectivity index (χ4v) is 4.17. The Labute approximate surface area is 154 Å². The summed E-state index contributed by atoms with van der Waals surface area (Å²) in [7, 11) is 0. The normalized spacial score (nSPS) is 20.3. The largest absolute Gasteiger partial charge is 0.349 e. The molecule has 4 heteroatoms. The minimum absolute atomic E-state index is 0.0475. The average Bonchev–Trinajstić information content (AvgIpc) is 3.25. The maximum absolute atomic E-state index is 12.3. The number of rotatable bonds is 5. The van der Waals surface area contributed by atoms with Gasteiger partial charge >= 0.3 is 0 Å². The molecule has 0 spiro atoms. The number of amides is 2. The summed E-state index contributed by atoms with van der Waals surface area (Å²) < 4.78 is 0. The molecular formula is C22H24N2O2. The van der Waals surface area contributed by atoms with Crippen LogP contribution in [0.15, 0.2) is 48.5 Å². The molecule has 0 fully saturated rings. The highest BCUT2D eigenvalue weighted by Gasteiger charge is 2.25. The van der Waals surface area contributed by atoms with Crippen molar-refractivity contribution < 1.29 is 9.59 Å². The summed E-state index contributed by atoms with van der Waals surface area (Å²) in [6.07, 6.45) is 4.36. The van der Waals surface area contributed by atoms with E-state index in [4.69, 9.17) is 0 Å². The SMILES string of the molecule is O=C(CCC(=O)N[C@@H]1CCc2ccccc21)NC1CCc2ccccc21. The van der Waals surface area contributed by atoms with Crippen LogP contribution in [0.2, 0.25) is 0 Å². The van der Waals surface area contributed by atoms with E-state index in [1.54, 1.807) is 0 Å². The first-order valence-corrected chi connectivity index (χ1v) is 9.45. The van der Waals surface area contributed by atoms with Crippen LogP contribution >= 0.6 is 0 Å². The molecule has 1 unspecified atom stereocenters. The lowest BCUT2D eigenvalue weighted by Crippen LogP contribution is -2.31. The van der Waals surface area contributed by atoms with Gasteiger partial charge in [-0.2, -0.15) is 0 Å². The summed E-state index contributed by atoms with van der Waals surface area (Å²) in [6.45, 7) is 0. The monoisotopic (exact) mass is 348 g/mol. The fraction of sp³-hybridized carbons (Fsp3) is 0.364. The van der Waals surface area contributed by atoms with Gasteiger partial charge in [0.25, 0.3) is 0 Å². The Morgan fingerprint density at radius 3 is 1.62 bits per heavy atom. The molecule has 0 saturated carbocycles. The number of fused-ring (bicyclic) bond motifs is 2. The van der Waals surface area contributed by atoms with Gasteiger partial charge in [-0.05, 0) is 47.9 Å². The molecular weight excluding hydrogens is 324 g/mol. The Morgan fingerprint density at radius 1 is 0.731 bits per heavy atom. The molecule has 0 saturated heterocycles. The third-order valence-electron chi connectivity index (χ3n) is 5.52. The second-order valence-corrected chi connectivity index (χ2v) is 7.22. The summed E-state index contributed by atoms with van der Waals surface area (Å²) >= 11 is 0. The van der Waals surface area contributed by atoms with E-state index < -0.39 is 0 Å². The molecule has 2 atom stereocenters. The van der Waals surface area contributed by atoms with Gasteiger partial charge in [-0.15, -0.1) is 0 Å². The van der Waals surface area contributed by atoms with Crippen LogP contribution in [0.5, 0.6) is 0 Å². The molecule has 0 radical (unpaired) electrons. The molecule has 2 N–H and O–H groups in total. The number of aryl methyl sites for hydroxylation is 2. The van der Waals surface area contributed by atoms with Gasteiger partial charge in [0, 0.05) is 12.8 Å². The van der Waals surface area contributed by atoms with Crippen LogP contribution in [0.3, 0.4) is 0 Å². The van der Waals surface area contributed by atoms with Crippen molar-refractivity contribution in [3.63, 3.8) is 0 Å². The van der Waals surface area contributed by atoms with Crippen molar-refractivity contribution in [2.24, 2.45) is 0 Å². The lowest BCUT2D eigenvalue weighted by Gasteiger charge is -2.16. The summed E-state index contributed by atoms with van der Waals surface area (Å²) in [5, 5.41) is 6.16. The van der Waals surface area contributed by atoms with Gasteiger partial charge in [0.2, 0.25) is 11.8 Å². The quantitative estimate of drug-likeness (QED) is 0.870. The number of carbonyl (C=O) groups is 2. The molecule has 2 aliphatic carbocycles. The molecule has 0 bridgehead atoms. The Balaban J connectivity index is 1.26. The molecule has 26 heavy (non-hydrogen) atoms. The molecule has 2 amide bonds. The highest BCUT2D eigenvalue weighted by atomic mass is 16.2. The second-order valence-electron chi connectivity index (χ2n) is 7.22. The zero-order chi connectivity index (χ0) is 17.9. The van der Waals surface area contributed by atoms with Crippen LogP contribution in [-0.2, 0) is 22.4 Å². The smallest absolute Gasteiger partial charge is 0.220 e. The van der Waals surface area contributed by atoms with Crippen LogP contribution in [0.25, 0.3) is 0 Å². The Morgan fingerprint density at radius 2 is 1.15 bits per heavy atom. The lowest BCUT2D eigenvalue weighted by molar-refractivity contribution is -0.127. The van der Waals surface area contributed by atoms with E-state index in [2.05, 4.69) is 34.9 Å². The topological polar surface area (TPSA) is 58.2 Å². The standard InChI is InChI=1S/C22H24N2O2/c25-21(23-19-11-9-15-5-1-3-7-17(15)19)13-14-22(26)24-20-12-10-16-6-2-4-8-18(16)20/h1-8,19-20H,9-14H2,(H,23,25)(H,24,26)/t19-,20?/m1/s1. The summed E-state index contributed by atoms with van der Waals surface area (Å²) in [4.78, 5) is 24.5. The van der Waals surface area contributed by atoms with E-state index in [1.165, 1.54) is 22.3 Å². The summed E-state index contributed by atoms with van der Waals surface area (Å²) in [6, 6.07) is 16.7. The highest BCUT2D eigenvalue weighted by Crippen LogP contribution is 2.31. The van der Waals surface area contributed by atoms with E-state index in [-0.39, 0.29) is 36.7 Å². The van der Waals surface area contributed by atoms with Gasteiger partial charge in [0.1, 0.15) is 0 Å². The van der Waals surface area contributed by atoms with E-state index in [1.807, 2.05) is 24.3 Å². The molecule has 2 aromatic carbocycles. The fourth-order valence-electron chi connectivity index (χ4n) is 4.17. The first-order valence-electron chi connectivity index (χ1n) is 9.45. The van der Waals surface area contributed by atoms with Crippen molar-refractivity contribution >= 4 is 11.8 Å². The molecule has 2 aromatic rings. The van der Waals surface area contributed by atoms with Crippen molar-refractivity contribution in [3.8, 4) is 0 Å². The van der Waals surface area contributed by atoms with Crippen molar-refractivity contribution in [1.29, 1.82) is 0 Å². The second kappa shape index (κ2) is 7.32. The van der Waals surface area contributed by atoms with Gasteiger partial charge in [-0.3, -0.25) is 9.59 Å². The third-order valence-corrected chi connectivity index (χ3v) is 5.52. The van der Waals surface area contributed by atoms with Gasteiger partial charge in [0.05, 0.1) is 12.1 Å². The Hall–Kier alpha value is -2.62. The molecule has 4 nitrogen and oxygen atoms in total. The first kappa shape index (κ1) is 16.8. The van der Waals surface area contributed by atoms with E-state index in [0.717, 1.165) is 25.7 Å². The molecule has 0 heterocycles. The van der Waals surface area contributed by atoms with Crippen LogP contribution in [0, 0.1) is 0 Å². The summed E-state index contributed by atoms with van der Waals surface area (Å²) in [5.41, 5.74) is 5.06. The third kappa shape index (κ3) is 3.50. The minimum Gasteiger partial charge on any atom is -0.349 e. The number of hydrogen-bond donors (Lipinski definition) is 2. The number of hydrogen-bond acceptors (Lipinski definition) is 2. The Bertz CT molecular complexity index is 761. The van der Waals surface area contributed by atoms with E-state index >= 15 is 0 Å². The van der Waals surface area contributed by atoms with Gasteiger partial charge in [-0.1, -0.05) is 48.5 Å². The van der Waals surface area contributed by atoms with Gasteiger partial charge in [0.15, 0.2) is 0 Å². The first-order chi connectivity index (χ1) is 12.7. The maximum Gasteiger partial charge on any atom is 0.220 e. The summed E-state index contributed by atoms with van der Waals surface area (Å²) in [5.74, 6) is -0.0950. The van der Waals surface area contributed by atoms with E-state index in [0.29, 0.717) is 0 Å². The maximum atomic E-state index is 12.3. The number of benzene rings is 2. The molecule has 134 valence electrons. The average molecular weight is 348 g/mol. The van der Waals surface area contributed by atoms with Crippen LogP contribution in [-0.4, -0.2) is 11.8 Å². The van der Waals surface area contributed by atoms with Gasteiger partial charge in [-0.25, -0.2) is 0 Å². The Kier molecular flexibility index (Phi) is 4.74. The van der Waals surface area contributed by atoms with E-state index in [9.17, 15) is 9.59 Å². The van der Waals surface area contributed by atoms with Crippen molar-refractivity contribution in [2.75, 3.05) is 0 Å². The van der Waals surface area contributed by atoms with Crippen molar-refractivity contribution in [1.82, 2.24) is 10.6 Å². The van der Waals surface area contributed by atoms with Crippen LogP contribution in [0.4, 0.5) is 0 Å².